The zero-order valence-electron chi connectivity index (χ0n) is 92.0. The largest absolute Gasteiger partial charge is 0.205 e. The topological polar surface area (TPSA) is 0 Å². The smallest absolute Gasteiger partial charge is 0.162 e. The lowest BCUT2D eigenvalue weighted by Crippen LogP contribution is -2.25. The van der Waals surface area contributed by atoms with Gasteiger partial charge in [-0.2, -0.15) is 0 Å². The summed E-state index contributed by atoms with van der Waals surface area (Å²) < 4.78 is 153. The van der Waals surface area contributed by atoms with E-state index in [1.807, 2.05) is 43.3 Å². The van der Waals surface area contributed by atoms with Gasteiger partial charge < -0.3 is 0 Å². The lowest BCUT2D eigenvalue weighted by Gasteiger charge is -2.37. The number of rotatable bonds is 16. The van der Waals surface area contributed by atoms with Crippen molar-refractivity contribution in [2.75, 3.05) is 0 Å². The molecule has 834 valence electrons. The summed E-state index contributed by atoms with van der Waals surface area (Å²) in [4.78, 5) is 0. The molecule has 0 N–H and O–H groups in total. The van der Waals surface area contributed by atoms with E-state index < -0.39 is 46.5 Å². The molecule has 7 aromatic rings. The molecular formula is C132H208Cl3F11. The van der Waals surface area contributed by atoms with Gasteiger partial charge in [0.15, 0.2) is 46.5 Å². The summed E-state index contributed by atoms with van der Waals surface area (Å²) in [5.41, 5.74) is 8.98. The number of aryl methyl sites for hydroxylation is 9. The molecule has 0 aliphatic heterocycles. The SMILES string of the molecule is Cc1ccc(C2CCC(C3CCC(C)CC3)CC2)c(Cl)c1F.Cc1ccc(C2CCC(C3CCC(C)CC3)CC2)c(Cl)c1F.Cc1ccc(C2CCC(C3CCC(C)CC3)CC2)c(F)c1Cl.Cc1ccc(C2CCC(C3CCC(C)CC3)CC2)c(F)c1F.Cc1ccc(C2CCC(C3CCC(C)CC3)CC2)c(F)c1F.Cc1ccc(CCC2CCC(C)CC2)c(F)c1F.Cc1ccc(CCC2CCC(C)CC2)c(F)c1F.[HH].[HH].[HH].[HH].[HH].[HH].[HH].[HH].[HH].[HH].[HH].[HH]. The van der Waals surface area contributed by atoms with Crippen LogP contribution in [0.1, 0.15) is 494 Å². The second kappa shape index (κ2) is 57.2. The quantitative estimate of drug-likeness (QED) is 0.0846. The molecule has 0 heterocycles. The molecule has 12 aliphatic rings. The van der Waals surface area contributed by atoms with Gasteiger partial charge in [-0.05, 0) is 487 Å². The first-order chi connectivity index (χ1) is 69.9. The highest BCUT2D eigenvalue weighted by Gasteiger charge is 2.40. The summed E-state index contributed by atoms with van der Waals surface area (Å²) in [5, 5.41) is 1.06. The van der Waals surface area contributed by atoms with Gasteiger partial charge in [-0.3, -0.25) is 0 Å². The monoisotopic (exact) mass is 2110 g/mol. The molecule has 0 saturated heterocycles. The Morgan fingerprint density at radius 2 is 0.349 bits per heavy atom. The van der Waals surface area contributed by atoms with Crippen LogP contribution in [0.25, 0.3) is 0 Å². The Hall–Kier alpha value is -5.36. The molecule has 0 radical (unpaired) electrons. The highest BCUT2D eigenvalue weighted by Crippen LogP contribution is 2.53. The Kier molecular flexibility index (Phi) is 46.1. The maximum atomic E-state index is 14.4. The maximum Gasteiger partial charge on any atom is 0.162 e. The molecule has 0 bridgehead atoms. The average molecular weight is 2110 g/mol. The zero-order chi connectivity index (χ0) is 105. The third-order valence-corrected chi connectivity index (χ3v) is 41.1. The van der Waals surface area contributed by atoms with E-state index in [4.69, 9.17) is 34.8 Å². The minimum atomic E-state index is -0.676. The molecule has 12 aliphatic carbocycles. The van der Waals surface area contributed by atoms with E-state index in [2.05, 4.69) is 48.5 Å². The molecule has 14 heteroatoms. The first kappa shape index (κ1) is 118. The maximum absolute atomic E-state index is 14.4. The van der Waals surface area contributed by atoms with Crippen molar-refractivity contribution in [3.63, 3.8) is 0 Å². The third-order valence-electron chi connectivity index (χ3n) is 39.8. The molecule has 7 aromatic carbocycles. The van der Waals surface area contributed by atoms with Gasteiger partial charge in [0.1, 0.15) is 17.5 Å². The fraction of sp³-hybridized carbons (Fsp3) is 0.682. The van der Waals surface area contributed by atoms with Crippen LogP contribution >= 0.6 is 34.8 Å². The second-order valence-electron chi connectivity index (χ2n) is 50.3. The van der Waals surface area contributed by atoms with Gasteiger partial charge in [-0.15, -0.1) is 0 Å². The van der Waals surface area contributed by atoms with Crippen LogP contribution in [-0.2, 0) is 12.8 Å². The summed E-state index contributed by atoms with van der Waals surface area (Å²) >= 11 is 18.6. The van der Waals surface area contributed by atoms with Gasteiger partial charge in [-0.1, -0.05) is 284 Å². The van der Waals surface area contributed by atoms with Crippen LogP contribution < -0.4 is 0 Å². The lowest BCUT2D eigenvalue weighted by atomic mass is 9.68. The van der Waals surface area contributed by atoms with Gasteiger partial charge >= 0.3 is 0 Å². The fourth-order valence-electron chi connectivity index (χ4n) is 28.9. The molecule has 0 unspecified atom stereocenters. The van der Waals surface area contributed by atoms with Crippen molar-refractivity contribution < 1.29 is 65.4 Å². The normalized spacial score (nSPS) is 30.8. The Labute approximate surface area is 909 Å². The van der Waals surface area contributed by atoms with Crippen molar-refractivity contribution >= 4 is 34.8 Å². The lowest BCUT2D eigenvalue weighted by molar-refractivity contribution is 0.164. The van der Waals surface area contributed by atoms with Gasteiger partial charge in [0.05, 0.1) is 15.1 Å². The zero-order valence-corrected chi connectivity index (χ0v) is 94.3. The van der Waals surface area contributed by atoms with Crippen LogP contribution in [0.3, 0.4) is 0 Å². The molecule has 0 amide bonds. The van der Waals surface area contributed by atoms with Crippen molar-refractivity contribution in [2.24, 2.45) is 112 Å². The Balaban J connectivity index is 0.000000911. The first-order valence-corrected chi connectivity index (χ1v) is 60.2. The van der Waals surface area contributed by atoms with Crippen LogP contribution in [0.4, 0.5) is 48.3 Å². The summed E-state index contributed by atoms with van der Waals surface area (Å²) in [5.74, 6) is 12.6. The van der Waals surface area contributed by atoms with Crippen LogP contribution in [0.15, 0.2) is 84.9 Å². The number of hydrogen-bond acceptors (Lipinski definition) is 0. The molecular weight excluding hydrogens is 1900 g/mol. The van der Waals surface area contributed by atoms with Crippen LogP contribution in [0.2, 0.25) is 15.1 Å². The van der Waals surface area contributed by atoms with Gasteiger partial charge in [0, 0.05) is 17.1 Å². The summed E-state index contributed by atoms with van der Waals surface area (Å²) in [6.45, 7) is 28.4. The van der Waals surface area contributed by atoms with Gasteiger partial charge in [-0.25, -0.2) is 48.3 Å². The molecule has 0 aromatic heterocycles. The summed E-state index contributed by atoms with van der Waals surface area (Å²) in [6, 6.07) is 25.7. The molecule has 0 nitrogen and oxygen atoms in total. The van der Waals surface area contributed by atoms with Crippen LogP contribution in [0, 0.1) is 225 Å². The minimum absolute atomic E-state index is 0. The highest BCUT2D eigenvalue weighted by molar-refractivity contribution is 6.32. The standard InChI is InChI=1S/3C20H28ClF.2C20H28F2.2C16H22F2.12H2/c2*1-13-3-6-15(7-4-13)16-8-10-17(11-9-16)18-12-5-14(2)20(22)19(18)21;3*1-13-3-6-15(7-4-13)16-8-10-17(11-9-16)18-12-5-14(2)19(21)20(18)22;2*1-11-3-6-13(7-4-11)8-10-14-9-5-12(2)15(17)16(14)18;;;;;;;;;;;;/h5*5,12-13,15-17H,3-4,6-11H2,1-2H3;2*5,9,11,13H,3-4,6-8,10H2,1-2H3;12*1H. The number of benzene rings is 7. The molecule has 12 fully saturated rings. The fourth-order valence-corrected chi connectivity index (χ4v) is 29.8. The Morgan fingerprint density at radius 1 is 0.178 bits per heavy atom. The van der Waals surface area contributed by atoms with E-state index in [9.17, 15) is 48.3 Å². The van der Waals surface area contributed by atoms with E-state index >= 15 is 0 Å². The van der Waals surface area contributed by atoms with Crippen molar-refractivity contribution in [1.29, 1.82) is 0 Å². The van der Waals surface area contributed by atoms with E-state index in [-0.39, 0.29) is 46.4 Å². The van der Waals surface area contributed by atoms with Gasteiger partial charge in [0.25, 0.3) is 0 Å². The van der Waals surface area contributed by atoms with Crippen molar-refractivity contribution in [1.82, 2.24) is 0 Å². The number of hydrogen-bond donors (Lipinski definition) is 0. The number of halogens is 14. The summed E-state index contributed by atoms with van der Waals surface area (Å²) in [7, 11) is 0. The van der Waals surface area contributed by atoms with Crippen molar-refractivity contribution in [2.45, 2.75) is 460 Å². The molecule has 0 atom stereocenters. The first-order valence-electron chi connectivity index (χ1n) is 59.0. The average Bonchev–Trinajstić information content (AvgIpc) is 0.816. The highest BCUT2D eigenvalue weighted by atomic mass is 35.5. The third kappa shape index (κ3) is 32.6. The second-order valence-corrected chi connectivity index (χ2v) is 51.5. The molecule has 0 spiro atoms. The van der Waals surface area contributed by atoms with E-state index in [0.29, 0.717) is 113 Å². The van der Waals surface area contributed by atoms with Crippen molar-refractivity contribution in [3.8, 4) is 0 Å². The van der Waals surface area contributed by atoms with E-state index in [1.54, 1.807) is 90.1 Å². The molecule has 146 heavy (non-hydrogen) atoms. The minimum Gasteiger partial charge on any atom is -0.205 e. The van der Waals surface area contributed by atoms with E-state index in [0.717, 1.165) is 174 Å². The predicted octanol–water partition coefficient (Wildman–Crippen LogP) is 46.4. The van der Waals surface area contributed by atoms with E-state index in [1.165, 1.54) is 270 Å². The molecule has 12 saturated carbocycles. The van der Waals surface area contributed by atoms with Gasteiger partial charge in [0.2, 0.25) is 0 Å². The Morgan fingerprint density at radius 3 is 0.582 bits per heavy atom. The Bertz CT molecular complexity index is 4560. The van der Waals surface area contributed by atoms with Crippen LogP contribution in [-0.4, -0.2) is 0 Å². The predicted molar refractivity (Wildman–Crippen MR) is 616 cm³/mol. The van der Waals surface area contributed by atoms with Crippen LogP contribution in [0.5, 0.6) is 0 Å². The molecule has 19 rings (SSSR count). The van der Waals surface area contributed by atoms with Crippen molar-refractivity contribution in [3.05, 3.63) is 242 Å². The summed E-state index contributed by atoms with van der Waals surface area (Å²) in [6.07, 6.45) is 65.1.